The summed E-state index contributed by atoms with van der Waals surface area (Å²) in [6, 6.07) is 0. The Hall–Kier alpha value is -0.480. The molecule has 0 unspecified atom stereocenters. The molecule has 1 rings (SSSR count). The van der Waals surface area contributed by atoms with E-state index in [0.717, 1.165) is 12.4 Å². The molecule has 0 atom stereocenters. The molecule has 0 aromatic carbocycles. The molecule has 0 bridgehead atoms. The van der Waals surface area contributed by atoms with Gasteiger partial charge in [-0.05, 0) is 24.9 Å². The van der Waals surface area contributed by atoms with Crippen LogP contribution in [0.1, 0.15) is 25.7 Å². The van der Waals surface area contributed by atoms with Crippen molar-refractivity contribution >= 4 is 29.2 Å². The first kappa shape index (κ1) is 13.6. The first-order valence-electron chi connectivity index (χ1n) is 5.53. The number of aromatic nitrogens is 2. The Morgan fingerprint density at radius 3 is 2.81 bits per heavy atom. The third kappa shape index (κ3) is 6.18. The molecular formula is C11H18ClN3S. The Balaban J connectivity index is 2.03. The molecule has 3 nitrogen and oxygen atoms in total. The molecule has 1 aromatic heterocycles. The second-order valence-electron chi connectivity index (χ2n) is 3.56. The fraction of sp³-hybridized carbons (Fsp3) is 0.636. The average molecular weight is 260 g/mol. The fourth-order valence-electron chi connectivity index (χ4n) is 1.37. The highest BCUT2D eigenvalue weighted by Gasteiger charge is 1.95. The minimum absolute atomic E-state index is 0.435. The molecular weight excluding hydrogens is 242 g/mol. The zero-order chi connectivity index (χ0) is 11.6. The van der Waals surface area contributed by atoms with Crippen molar-refractivity contribution in [1.29, 1.82) is 0 Å². The van der Waals surface area contributed by atoms with E-state index in [1.165, 1.54) is 37.6 Å². The summed E-state index contributed by atoms with van der Waals surface area (Å²) in [4.78, 5) is 8.07. The zero-order valence-electron chi connectivity index (χ0n) is 9.58. The van der Waals surface area contributed by atoms with Crippen molar-refractivity contribution in [2.24, 2.45) is 0 Å². The number of hydrogen-bond donors (Lipinski definition) is 1. The van der Waals surface area contributed by atoms with Crippen LogP contribution in [0.4, 0.5) is 5.82 Å². The lowest BCUT2D eigenvalue weighted by Crippen LogP contribution is -2.03. The van der Waals surface area contributed by atoms with Gasteiger partial charge >= 0.3 is 0 Å². The van der Waals surface area contributed by atoms with E-state index in [-0.39, 0.29) is 0 Å². The Kier molecular flexibility index (Phi) is 7.34. The van der Waals surface area contributed by atoms with Crippen LogP contribution in [-0.2, 0) is 0 Å². The quantitative estimate of drug-likeness (QED) is 0.726. The van der Waals surface area contributed by atoms with Gasteiger partial charge in [-0.3, -0.25) is 4.98 Å². The second kappa shape index (κ2) is 8.65. The van der Waals surface area contributed by atoms with Crippen LogP contribution < -0.4 is 5.32 Å². The molecule has 90 valence electrons. The van der Waals surface area contributed by atoms with E-state index in [9.17, 15) is 0 Å². The molecule has 0 amide bonds. The van der Waals surface area contributed by atoms with E-state index >= 15 is 0 Å². The van der Waals surface area contributed by atoms with Crippen molar-refractivity contribution in [3.63, 3.8) is 0 Å². The van der Waals surface area contributed by atoms with Gasteiger partial charge in [0.1, 0.15) is 11.0 Å². The van der Waals surface area contributed by atoms with E-state index in [0.29, 0.717) is 5.15 Å². The van der Waals surface area contributed by atoms with Gasteiger partial charge in [-0.15, -0.1) is 0 Å². The molecule has 0 saturated heterocycles. The van der Waals surface area contributed by atoms with E-state index in [2.05, 4.69) is 21.5 Å². The lowest BCUT2D eigenvalue weighted by molar-refractivity contribution is 0.688. The van der Waals surface area contributed by atoms with Gasteiger partial charge in [-0.1, -0.05) is 24.4 Å². The number of rotatable bonds is 8. The Morgan fingerprint density at radius 1 is 1.25 bits per heavy atom. The predicted molar refractivity (Wildman–Crippen MR) is 72.4 cm³/mol. The van der Waals surface area contributed by atoms with Crippen LogP contribution in [0.15, 0.2) is 12.4 Å². The van der Waals surface area contributed by atoms with Crippen LogP contribution in [-0.4, -0.2) is 28.5 Å². The lowest BCUT2D eigenvalue weighted by Gasteiger charge is -2.04. The largest absolute Gasteiger partial charge is 0.369 e. The number of thioether (sulfide) groups is 1. The van der Waals surface area contributed by atoms with Gasteiger partial charge in [0, 0.05) is 6.54 Å². The highest BCUT2D eigenvalue weighted by Crippen LogP contribution is 2.08. The summed E-state index contributed by atoms with van der Waals surface area (Å²) in [6.45, 7) is 0.939. The van der Waals surface area contributed by atoms with Crippen LogP contribution >= 0.6 is 23.4 Å². The van der Waals surface area contributed by atoms with Crippen molar-refractivity contribution in [3.05, 3.63) is 17.5 Å². The maximum atomic E-state index is 5.73. The van der Waals surface area contributed by atoms with Gasteiger partial charge in [-0.25, -0.2) is 4.98 Å². The number of unbranched alkanes of at least 4 members (excludes halogenated alkanes) is 3. The zero-order valence-corrected chi connectivity index (χ0v) is 11.2. The van der Waals surface area contributed by atoms with E-state index in [4.69, 9.17) is 11.6 Å². The van der Waals surface area contributed by atoms with Crippen LogP contribution in [0.2, 0.25) is 5.15 Å². The number of anilines is 1. The second-order valence-corrected chi connectivity index (χ2v) is 4.93. The first-order chi connectivity index (χ1) is 7.83. The highest BCUT2D eigenvalue weighted by molar-refractivity contribution is 7.98. The van der Waals surface area contributed by atoms with E-state index in [1.807, 2.05) is 11.8 Å². The van der Waals surface area contributed by atoms with E-state index in [1.54, 1.807) is 6.20 Å². The van der Waals surface area contributed by atoms with Gasteiger partial charge in [0.15, 0.2) is 0 Å². The molecule has 0 aliphatic rings. The maximum Gasteiger partial charge on any atom is 0.149 e. The third-order valence-corrected chi connectivity index (χ3v) is 3.07. The molecule has 0 spiro atoms. The Labute approximate surface area is 106 Å². The third-order valence-electron chi connectivity index (χ3n) is 2.19. The monoisotopic (exact) mass is 259 g/mol. The summed E-state index contributed by atoms with van der Waals surface area (Å²) >= 11 is 7.64. The van der Waals surface area contributed by atoms with Crippen molar-refractivity contribution < 1.29 is 0 Å². The molecule has 0 saturated carbocycles. The molecule has 5 heteroatoms. The summed E-state index contributed by atoms with van der Waals surface area (Å²) in [7, 11) is 0. The van der Waals surface area contributed by atoms with Crippen LogP contribution in [0, 0.1) is 0 Å². The molecule has 1 N–H and O–H groups in total. The van der Waals surface area contributed by atoms with Crippen molar-refractivity contribution in [1.82, 2.24) is 9.97 Å². The molecule has 1 aromatic rings. The summed E-state index contributed by atoms with van der Waals surface area (Å²) < 4.78 is 0. The SMILES string of the molecule is CSCCCCCCNc1cncc(Cl)n1. The average Bonchev–Trinajstić information content (AvgIpc) is 2.28. The number of nitrogens with one attached hydrogen (secondary N) is 1. The highest BCUT2D eigenvalue weighted by atomic mass is 35.5. The van der Waals surface area contributed by atoms with Crippen LogP contribution in [0.25, 0.3) is 0 Å². The standard InChI is InChI=1S/C11H18ClN3S/c1-16-7-5-3-2-4-6-14-11-9-13-8-10(12)15-11/h8-9H,2-7H2,1H3,(H,14,15). The number of halogens is 1. The fourth-order valence-corrected chi connectivity index (χ4v) is 2.01. The number of nitrogens with zero attached hydrogens (tertiary/aromatic N) is 2. The van der Waals surface area contributed by atoms with Crippen molar-refractivity contribution in [2.45, 2.75) is 25.7 Å². The molecule has 0 radical (unpaired) electrons. The van der Waals surface area contributed by atoms with Crippen molar-refractivity contribution in [2.75, 3.05) is 23.9 Å². The number of hydrogen-bond acceptors (Lipinski definition) is 4. The van der Waals surface area contributed by atoms with Crippen LogP contribution in [0.5, 0.6) is 0 Å². The maximum absolute atomic E-state index is 5.73. The lowest BCUT2D eigenvalue weighted by atomic mass is 10.2. The molecule has 1 heterocycles. The summed E-state index contributed by atoms with van der Waals surface area (Å²) in [5, 5.41) is 3.65. The molecule has 0 fully saturated rings. The molecule has 0 aliphatic heterocycles. The summed E-state index contributed by atoms with van der Waals surface area (Å²) in [5.41, 5.74) is 0. The van der Waals surface area contributed by atoms with Crippen molar-refractivity contribution in [3.8, 4) is 0 Å². The van der Waals surface area contributed by atoms with Crippen LogP contribution in [0.3, 0.4) is 0 Å². The van der Waals surface area contributed by atoms with Gasteiger partial charge in [-0.2, -0.15) is 11.8 Å². The molecule has 16 heavy (non-hydrogen) atoms. The predicted octanol–water partition coefficient (Wildman–Crippen LogP) is 3.47. The minimum atomic E-state index is 0.435. The topological polar surface area (TPSA) is 37.8 Å². The minimum Gasteiger partial charge on any atom is -0.369 e. The summed E-state index contributed by atoms with van der Waals surface area (Å²) in [6.07, 6.45) is 10.4. The Bertz CT molecular complexity index is 296. The molecule has 0 aliphatic carbocycles. The smallest absolute Gasteiger partial charge is 0.149 e. The van der Waals surface area contributed by atoms with Gasteiger partial charge in [0.05, 0.1) is 12.4 Å². The summed E-state index contributed by atoms with van der Waals surface area (Å²) in [5.74, 6) is 2.03. The van der Waals surface area contributed by atoms with Gasteiger partial charge in [0.2, 0.25) is 0 Å². The normalized spacial score (nSPS) is 10.4. The van der Waals surface area contributed by atoms with Gasteiger partial charge < -0.3 is 5.32 Å². The van der Waals surface area contributed by atoms with E-state index < -0.39 is 0 Å². The Morgan fingerprint density at radius 2 is 2.06 bits per heavy atom. The van der Waals surface area contributed by atoms with Gasteiger partial charge in [0.25, 0.3) is 0 Å². The first-order valence-corrected chi connectivity index (χ1v) is 7.30.